The van der Waals surface area contributed by atoms with Crippen molar-refractivity contribution in [2.24, 2.45) is 0 Å². The van der Waals surface area contributed by atoms with Gasteiger partial charge in [-0.3, -0.25) is 0 Å². The van der Waals surface area contributed by atoms with Crippen LogP contribution in [0, 0.1) is 5.41 Å². The molecule has 1 aliphatic rings. The molecule has 0 aliphatic heterocycles. The first-order chi connectivity index (χ1) is 15.3. The first kappa shape index (κ1) is 19.3. The molecule has 0 spiro atoms. The number of fused-ring (bicyclic) bond motifs is 2. The lowest BCUT2D eigenvalue weighted by atomic mass is 10.1. The van der Waals surface area contributed by atoms with Gasteiger partial charge in [0.05, 0.1) is 31.0 Å². The van der Waals surface area contributed by atoms with Crippen molar-refractivity contribution in [3.63, 3.8) is 0 Å². The molecule has 1 aromatic carbocycles. The van der Waals surface area contributed by atoms with Crippen LogP contribution >= 0.6 is 0 Å². The van der Waals surface area contributed by atoms with Gasteiger partial charge >= 0.3 is 0 Å². The highest BCUT2D eigenvalue weighted by molar-refractivity contribution is 5.61. The summed E-state index contributed by atoms with van der Waals surface area (Å²) in [6, 6.07) is 17.4. The summed E-state index contributed by atoms with van der Waals surface area (Å²) in [6.07, 6.45) is 9.13. The predicted molar refractivity (Wildman–Crippen MR) is 118 cm³/mol. The van der Waals surface area contributed by atoms with Gasteiger partial charge in [-0.2, -0.15) is 0 Å². The summed E-state index contributed by atoms with van der Waals surface area (Å²) in [7, 11) is 0. The zero-order chi connectivity index (χ0) is 21.0. The van der Waals surface area contributed by atoms with Crippen molar-refractivity contribution in [3.8, 4) is 17.2 Å². The number of ether oxygens (including phenoxy) is 2. The SMILES string of the molecule is N=c1cc(-c2cc3cccn3cn2)oc2c1=C[C@@H](OCCCOc1ccccc1)CC=2. The van der Waals surface area contributed by atoms with E-state index >= 15 is 0 Å². The van der Waals surface area contributed by atoms with E-state index in [0.29, 0.717) is 41.9 Å². The molecule has 0 bridgehead atoms. The fourth-order valence-electron chi connectivity index (χ4n) is 3.66. The lowest BCUT2D eigenvalue weighted by Crippen LogP contribution is -2.42. The van der Waals surface area contributed by atoms with E-state index in [1.807, 2.05) is 71.3 Å². The van der Waals surface area contributed by atoms with Crippen LogP contribution in [-0.4, -0.2) is 28.7 Å². The number of rotatable bonds is 7. The Morgan fingerprint density at radius 2 is 2.00 bits per heavy atom. The van der Waals surface area contributed by atoms with E-state index in [1.54, 1.807) is 12.4 Å². The van der Waals surface area contributed by atoms with E-state index in [0.717, 1.165) is 22.9 Å². The summed E-state index contributed by atoms with van der Waals surface area (Å²) in [4.78, 5) is 4.46. The summed E-state index contributed by atoms with van der Waals surface area (Å²) in [6.45, 7) is 1.21. The van der Waals surface area contributed by atoms with Crippen LogP contribution in [0.15, 0.2) is 71.5 Å². The van der Waals surface area contributed by atoms with Crippen LogP contribution in [0.4, 0.5) is 0 Å². The first-order valence-corrected chi connectivity index (χ1v) is 10.4. The van der Waals surface area contributed by atoms with Crippen LogP contribution in [0.25, 0.3) is 29.1 Å². The third kappa shape index (κ3) is 4.29. The van der Waals surface area contributed by atoms with E-state index in [9.17, 15) is 0 Å². The second-order valence-corrected chi connectivity index (χ2v) is 7.45. The number of nitrogens with zero attached hydrogens (tertiary/aromatic N) is 2. The maximum absolute atomic E-state index is 8.48. The third-order valence-corrected chi connectivity index (χ3v) is 5.24. The Balaban J connectivity index is 1.26. The minimum Gasteiger partial charge on any atom is -0.494 e. The van der Waals surface area contributed by atoms with Crippen LogP contribution in [0.2, 0.25) is 0 Å². The van der Waals surface area contributed by atoms with Gasteiger partial charge < -0.3 is 23.7 Å². The highest BCUT2D eigenvalue weighted by Gasteiger charge is 2.12. The molecule has 156 valence electrons. The Kier molecular flexibility index (Phi) is 5.37. The van der Waals surface area contributed by atoms with Crippen molar-refractivity contribution in [1.29, 1.82) is 5.41 Å². The zero-order valence-electron chi connectivity index (χ0n) is 17.0. The monoisotopic (exact) mass is 413 g/mol. The summed E-state index contributed by atoms with van der Waals surface area (Å²) < 4.78 is 19.7. The predicted octanol–water partition coefficient (Wildman–Crippen LogP) is 2.89. The minimum absolute atomic E-state index is 0.0652. The van der Waals surface area contributed by atoms with Gasteiger partial charge in [-0.15, -0.1) is 0 Å². The van der Waals surface area contributed by atoms with Crippen LogP contribution in [0.3, 0.4) is 0 Å². The van der Waals surface area contributed by atoms with Gasteiger partial charge in [-0.05, 0) is 48.9 Å². The topological polar surface area (TPSA) is 72.8 Å². The fraction of sp³-hybridized carbons (Fsp3) is 0.200. The molecule has 0 unspecified atom stereocenters. The van der Waals surface area contributed by atoms with E-state index < -0.39 is 0 Å². The third-order valence-electron chi connectivity index (χ3n) is 5.24. The molecule has 0 saturated heterocycles. The summed E-state index contributed by atoms with van der Waals surface area (Å²) in [5, 5.41) is 9.66. The number of hydrogen-bond donors (Lipinski definition) is 1. The summed E-state index contributed by atoms with van der Waals surface area (Å²) >= 11 is 0. The van der Waals surface area contributed by atoms with Gasteiger partial charge in [0.1, 0.15) is 16.9 Å². The molecule has 6 nitrogen and oxygen atoms in total. The van der Waals surface area contributed by atoms with E-state index in [-0.39, 0.29) is 6.10 Å². The lowest BCUT2D eigenvalue weighted by Gasteiger charge is -2.15. The maximum atomic E-state index is 8.48. The van der Waals surface area contributed by atoms with Gasteiger partial charge in [0.15, 0.2) is 5.76 Å². The van der Waals surface area contributed by atoms with Crippen LogP contribution in [0.1, 0.15) is 12.8 Å². The number of para-hydroxylation sites is 1. The fourth-order valence-corrected chi connectivity index (χ4v) is 3.66. The summed E-state index contributed by atoms with van der Waals surface area (Å²) in [5.41, 5.74) is 2.45. The molecular formula is C25H23N3O3. The number of benzene rings is 1. The molecule has 1 atom stereocenters. The smallest absolute Gasteiger partial charge is 0.155 e. The van der Waals surface area contributed by atoms with E-state index in [2.05, 4.69) is 4.98 Å². The molecule has 0 amide bonds. The van der Waals surface area contributed by atoms with Crippen molar-refractivity contribution >= 4 is 17.7 Å². The molecule has 0 saturated carbocycles. The Hall–Kier alpha value is -3.64. The van der Waals surface area contributed by atoms with Gasteiger partial charge in [0, 0.05) is 29.4 Å². The molecule has 0 radical (unpaired) electrons. The van der Waals surface area contributed by atoms with Crippen molar-refractivity contribution in [1.82, 2.24) is 9.38 Å². The zero-order valence-corrected chi connectivity index (χ0v) is 17.0. The molecule has 5 rings (SSSR count). The summed E-state index contributed by atoms with van der Waals surface area (Å²) in [5.74, 6) is 1.46. The van der Waals surface area contributed by atoms with Crippen molar-refractivity contribution < 1.29 is 13.9 Å². The molecule has 0 fully saturated rings. The Labute approximate surface area is 179 Å². The second kappa shape index (κ2) is 8.62. The molecule has 3 aromatic heterocycles. The van der Waals surface area contributed by atoms with Gasteiger partial charge in [0.2, 0.25) is 0 Å². The lowest BCUT2D eigenvalue weighted by molar-refractivity contribution is 0.0870. The average molecular weight is 413 g/mol. The van der Waals surface area contributed by atoms with Crippen LogP contribution < -0.4 is 20.7 Å². The molecule has 6 heteroatoms. The second-order valence-electron chi connectivity index (χ2n) is 7.45. The minimum atomic E-state index is -0.0652. The Morgan fingerprint density at radius 3 is 2.90 bits per heavy atom. The van der Waals surface area contributed by atoms with Crippen molar-refractivity contribution in [2.75, 3.05) is 13.2 Å². The van der Waals surface area contributed by atoms with Gasteiger partial charge in [-0.1, -0.05) is 18.2 Å². The van der Waals surface area contributed by atoms with Gasteiger partial charge in [-0.25, -0.2) is 4.98 Å². The van der Waals surface area contributed by atoms with Crippen molar-refractivity contribution in [3.05, 3.63) is 83.1 Å². The molecule has 1 aliphatic carbocycles. The van der Waals surface area contributed by atoms with Crippen molar-refractivity contribution in [2.45, 2.75) is 18.9 Å². The molecular weight excluding hydrogens is 390 g/mol. The van der Waals surface area contributed by atoms with E-state index in [1.165, 1.54) is 0 Å². The Bertz CT molecular complexity index is 1370. The number of hydrogen-bond acceptors (Lipinski definition) is 5. The Morgan fingerprint density at radius 1 is 1.10 bits per heavy atom. The quantitative estimate of drug-likeness (QED) is 0.473. The molecule has 1 N–H and O–H groups in total. The largest absolute Gasteiger partial charge is 0.494 e. The molecule has 4 aromatic rings. The van der Waals surface area contributed by atoms with Gasteiger partial charge in [0.25, 0.3) is 0 Å². The average Bonchev–Trinajstić information content (AvgIpc) is 3.28. The molecule has 3 heterocycles. The first-order valence-electron chi connectivity index (χ1n) is 10.4. The highest BCUT2D eigenvalue weighted by atomic mass is 16.5. The number of aromatic nitrogens is 2. The maximum Gasteiger partial charge on any atom is 0.155 e. The van der Waals surface area contributed by atoms with E-state index in [4.69, 9.17) is 19.3 Å². The van der Waals surface area contributed by atoms with Crippen LogP contribution in [0.5, 0.6) is 5.75 Å². The number of nitrogens with one attached hydrogen (secondary N) is 1. The molecule has 31 heavy (non-hydrogen) atoms. The normalized spacial score (nSPS) is 15.2. The highest BCUT2D eigenvalue weighted by Crippen LogP contribution is 2.16. The standard InChI is InChI=1S/C25H23N3O3/c26-22-16-25(23-14-18-6-4-11-28(18)17-27-23)31-24-10-9-20(15-21(22)24)30-13-5-12-29-19-7-2-1-3-8-19/h1-4,6-8,10-11,14-17,20,26H,5,9,12-13H2/t20-/m0/s1. The van der Waals surface area contributed by atoms with Crippen LogP contribution in [-0.2, 0) is 4.74 Å².